The van der Waals surface area contributed by atoms with Crippen LogP contribution in [-0.4, -0.2) is 28.5 Å². The van der Waals surface area contributed by atoms with Gasteiger partial charge in [0.2, 0.25) is 0 Å². The summed E-state index contributed by atoms with van der Waals surface area (Å²) in [5, 5.41) is 19.6. The summed E-state index contributed by atoms with van der Waals surface area (Å²) in [6.07, 6.45) is -0.691. The van der Waals surface area contributed by atoms with Crippen LogP contribution in [0.15, 0.2) is 12.2 Å². The van der Waals surface area contributed by atoms with Gasteiger partial charge in [-0.1, -0.05) is 5.57 Å². The van der Waals surface area contributed by atoms with E-state index in [9.17, 15) is 4.79 Å². The molecule has 0 aromatic heterocycles. The number of nitrogens with one attached hydrogen (secondary N) is 1. The van der Waals surface area contributed by atoms with Gasteiger partial charge in [0.25, 0.3) is 0 Å². The van der Waals surface area contributed by atoms with Gasteiger partial charge in [0.05, 0.1) is 12.1 Å². The first-order valence-electron chi connectivity index (χ1n) is 3.66. The second-order valence-corrected chi connectivity index (χ2v) is 3.28. The lowest BCUT2D eigenvalue weighted by molar-refractivity contribution is 0.146. The molecule has 0 aromatic carbocycles. The van der Waals surface area contributed by atoms with E-state index in [0.717, 1.165) is 5.57 Å². The number of hydrogen-bond acceptors (Lipinski definition) is 2. The van der Waals surface area contributed by atoms with Crippen molar-refractivity contribution >= 4 is 6.09 Å². The molecule has 0 radical (unpaired) electrons. The standard InChI is InChI=1S/C8H15NO3/c1-6(2)4-8(3,5-10)9-7(11)12/h9-10H,1,4-5H2,2-3H3,(H,11,12)/t8-/m1/s1. The summed E-state index contributed by atoms with van der Waals surface area (Å²) >= 11 is 0. The predicted molar refractivity (Wildman–Crippen MR) is 46.1 cm³/mol. The van der Waals surface area contributed by atoms with Crippen molar-refractivity contribution in [3.8, 4) is 0 Å². The van der Waals surface area contributed by atoms with Gasteiger partial charge in [-0.2, -0.15) is 0 Å². The average molecular weight is 173 g/mol. The van der Waals surface area contributed by atoms with Gasteiger partial charge in [-0.3, -0.25) is 0 Å². The molecular formula is C8H15NO3. The minimum Gasteiger partial charge on any atom is -0.465 e. The minimum absolute atomic E-state index is 0.230. The zero-order valence-electron chi connectivity index (χ0n) is 7.42. The fourth-order valence-electron chi connectivity index (χ4n) is 1.06. The zero-order chi connectivity index (χ0) is 9.78. The van der Waals surface area contributed by atoms with Gasteiger partial charge in [-0.05, 0) is 20.3 Å². The third kappa shape index (κ3) is 3.98. The lowest BCUT2D eigenvalue weighted by Gasteiger charge is -2.27. The van der Waals surface area contributed by atoms with E-state index in [1.807, 2.05) is 0 Å². The van der Waals surface area contributed by atoms with Gasteiger partial charge >= 0.3 is 6.09 Å². The largest absolute Gasteiger partial charge is 0.465 e. The molecule has 0 aromatic rings. The molecule has 0 aliphatic heterocycles. The fourth-order valence-corrected chi connectivity index (χ4v) is 1.06. The Labute approximate surface area is 71.9 Å². The highest BCUT2D eigenvalue weighted by molar-refractivity contribution is 5.65. The van der Waals surface area contributed by atoms with Crippen LogP contribution in [0.3, 0.4) is 0 Å². The van der Waals surface area contributed by atoms with Crippen molar-refractivity contribution < 1.29 is 15.0 Å². The smallest absolute Gasteiger partial charge is 0.405 e. The van der Waals surface area contributed by atoms with Crippen LogP contribution in [0.1, 0.15) is 20.3 Å². The Hall–Kier alpha value is -1.03. The lowest BCUT2D eigenvalue weighted by atomic mass is 9.95. The molecule has 1 amide bonds. The number of carbonyl (C=O) groups is 1. The van der Waals surface area contributed by atoms with Crippen molar-refractivity contribution in [1.29, 1.82) is 0 Å². The van der Waals surface area contributed by atoms with Crippen molar-refractivity contribution in [1.82, 2.24) is 5.32 Å². The molecule has 0 fully saturated rings. The van der Waals surface area contributed by atoms with Crippen LogP contribution in [0.25, 0.3) is 0 Å². The van der Waals surface area contributed by atoms with E-state index in [-0.39, 0.29) is 6.61 Å². The van der Waals surface area contributed by atoms with Crippen LogP contribution in [0, 0.1) is 0 Å². The molecule has 0 aliphatic carbocycles. The lowest BCUT2D eigenvalue weighted by Crippen LogP contribution is -2.48. The molecule has 4 nitrogen and oxygen atoms in total. The number of aliphatic hydroxyl groups excluding tert-OH is 1. The van der Waals surface area contributed by atoms with E-state index in [0.29, 0.717) is 6.42 Å². The number of carboxylic acid groups (broad SMARTS) is 1. The monoisotopic (exact) mass is 173 g/mol. The number of hydrogen-bond donors (Lipinski definition) is 3. The summed E-state index contributed by atoms with van der Waals surface area (Å²) in [6.45, 7) is 6.85. The van der Waals surface area contributed by atoms with Crippen LogP contribution in [-0.2, 0) is 0 Å². The van der Waals surface area contributed by atoms with E-state index in [2.05, 4.69) is 11.9 Å². The average Bonchev–Trinajstić information content (AvgIpc) is 1.83. The van der Waals surface area contributed by atoms with Crippen LogP contribution < -0.4 is 5.32 Å². The van der Waals surface area contributed by atoms with Crippen molar-refractivity contribution in [3.63, 3.8) is 0 Å². The first kappa shape index (κ1) is 11.0. The van der Waals surface area contributed by atoms with E-state index >= 15 is 0 Å². The zero-order valence-corrected chi connectivity index (χ0v) is 7.42. The second-order valence-electron chi connectivity index (χ2n) is 3.28. The van der Waals surface area contributed by atoms with E-state index in [1.165, 1.54) is 0 Å². The van der Waals surface area contributed by atoms with Crippen molar-refractivity contribution in [2.75, 3.05) is 6.61 Å². The maximum Gasteiger partial charge on any atom is 0.405 e. The Bertz CT molecular complexity index is 173. The van der Waals surface area contributed by atoms with E-state index < -0.39 is 11.6 Å². The molecule has 0 heterocycles. The highest BCUT2D eigenvalue weighted by Gasteiger charge is 2.24. The Kier molecular flexibility index (Phi) is 3.76. The van der Waals surface area contributed by atoms with Crippen LogP contribution in [0.4, 0.5) is 4.79 Å². The number of rotatable bonds is 4. The SMILES string of the molecule is C=C(C)C[C@](C)(CO)NC(=O)O. The number of aliphatic hydroxyl groups is 1. The van der Waals surface area contributed by atoms with Crippen LogP contribution in [0.5, 0.6) is 0 Å². The minimum atomic E-state index is -1.13. The van der Waals surface area contributed by atoms with Gasteiger partial charge < -0.3 is 15.5 Å². The summed E-state index contributed by atoms with van der Waals surface area (Å²) in [5.74, 6) is 0. The fraction of sp³-hybridized carbons (Fsp3) is 0.625. The summed E-state index contributed by atoms with van der Waals surface area (Å²) in [6, 6.07) is 0. The second kappa shape index (κ2) is 4.11. The molecule has 1 atom stereocenters. The Morgan fingerprint density at radius 1 is 1.67 bits per heavy atom. The predicted octanol–water partition coefficient (Wildman–Crippen LogP) is 0.971. The molecule has 0 spiro atoms. The highest BCUT2D eigenvalue weighted by Crippen LogP contribution is 2.13. The van der Waals surface area contributed by atoms with Gasteiger partial charge in [-0.15, -0.1) is 6.58 Å². The van der Waals surface area contributed by atoms with Gasteiger partial charge in [0.1, 0.15) is 0 Å². The summed E-state index contributed by atoms with van der Waals surface area (Å²) in [5.41, 5.74) is 0.0257. The van der Waals surface area contributed by atoms with Crippen molar-refractivity contribution in [3.05, 3.63) is 12.2 Å². The molecule has 4 heteroatoms. The van der Waals surface area contributed by atoms with Gasteiger partial charge in [0.15, 0.2) is 0 Å². The molecule has 0 bridgehead atoms. The van der Waals surface area contributed by atoms with Gasteiger partial charge in [-0.25, -0.2) is 4.79 Å². The highest BCUT2D eigenvalue weighted by atomic mass is 16.4. The quantitative estimate of drug-likeness (QED) is 0.555. The first-order valence-corrected chi connectivity index (χ1v) is 3.66. The summed E-state index contributed by atoms with van der Waals surface area (Å²) in [4.78, 5) is 10.3. The summed E-state index contributed by atoms with van der Waals surface area (Å²) in [7, 11) is 0. The van der Waals surface area contributed by atoms with Crippen molar-refractivity contribution in [2.45, 2.75) is 25.8 Å². The topological polar surface area (TPSA) is 69.6 Å². The third-order valence-electron chi connectivity index (χ3n) is 1.45. The van der Waals surface area contributed by atoms with Gasteiger partial charge in [0, 0.05) is 0 Å². The Balaban J connectivity index is 4.23. The maximum absolute atomic E-state index is 10.3. The van der Waals surface area contributed by atoms with E-state index in [4.69, 9.17) is 10.2 Å². The van der Waals surface area contributed by atoms with E-state index in [1.54, 1.807) is 13.8 Å². The molecule has 0 saturated heterocycles. The molecule has 70 valence electrons. The normalized spacial score (nSPS) is 14.9. The molecule has 0 rings (SSSR count). The molecular weight excluding hydrogens is 158 g/mol. The number of amides is 1. The molecule has 3 N–H and O–H groups in total. The Morgan fingerprint density at radius 3 is 2.42 bits per heavy atom. The van der Waals surface area contributed by atoms with Crippen LogP contribution >= 0.6 is 0 Å². The molecule has 0 aliphatic rings. The first-order chi connectivity index (χ1) is 5.39. The summed E-state index contributed by atoms with van der Waals surface area (Å²) < 4.78 is 0. The van der Waals surface area contributed by atoms with Crippen LogP contribution in [0.2, 0.25) is 0 Å². The molecule has 0 saturated carbocycles. The maximum atomic E-state index is 10.3. The Morgan fingerprint density at radius 2 is 2.17 bits per heavy atom. The third-order valence-corrected chi connectivity index (χ3v) is 1.45. The molecule has 0 unspecified atom stereocenters. The van der Waals surface area contributed by atoms with Crippen molar-refractivity contribution in [2.24, 2.45) is 0 Å². The molecule has 12 heavy (non-hydrogen) atoms.